The van der Waals surface area contributed by atoms with Gasteiger partial charge in [0.25, 0.3) is 0 Å². The van der Waals surface area contributed by atoms with Gasteiger partial charge in [0.1, 0.15) is 0 Å². The van der Waals surface area contributed by atoms with Gasteiger partial charge in [-0.2, -0.15) is 0 Å². The normalized spacial score (nSPS) is 19.2. The number of carbonyl (C=O) groups excluding carboxylic acids is 1. The first-order valence-electron chi connectivity index (χ1n) is 10.8. The Balaban J connectivity index is 1.55. The largest absolute Gasteiger partial charge is 0.323 e. The number of rotatable bonds is 8. The Kier molecular flexibility index (Phi) is 7.47. The van der Waals surface area contributed by atoms with Gasteiger partial charge in [-0.25, -0.2) is 0 Å². The number of hydrogen-bond donors (Lipinski definition) is 1. The summed E-state index contributed by atoms with van der Waals surface area (Å²) in [6.45, 7) is 5.76. The molecule has 0 radical (unpaired) electrons. The zero-order valence-electron chi connectivity index (χ0n) is 17.1. The van der Waals surface area contributed by atoms with Crippen LogP contribution in [0.2, 0.25) is 0 Å². The van der Waals surface area contributed by atoms with Gasteiger partial charge in [-0.15, -0.1) is 0 Å². The highest BCUT2D eigenvalue weighted by Gasteiger charge is 2.22. The van der Waals surface area contributed by atoms with Crippen LogP contribution in [-0.2, 0) is 4.79 Å². The lowest BCUT2D eigenvalue weighted by molar-refractivity contribution is -0.111. The summed E-state index contributed by atoms with van der Waals surface area (Å²) in [6.07, 6.45) is 12.3. The van der Waals surface area contributed by atoms with Crippen LogP contribution in [0.5, 0.6) is 0 Å². The molecule has 1 amide bonds. The average molecular weight is 376 g/mol. The van der Waals surface area contributed by atoms with E-state index in [1.165, 1.54) is 74.1 Å². The molecule has 0 heterocycles. The number of amides is 1. The molecule has 0 bridgehead atoms. The van der Waals surface area contributed by atoms with Gasteiger partial charge in [0.2, 0.25) is 5.91 Å². The van der Waals surface area contributed by atoms with Gasteiger partial charge in [0.05, 0.1) is 0 Å². The van der Waals surface area contributed by atoms with Crippen LogP contribution < -0.4 is 5.32 Å². The first kappa shape index (κ1) is 20.4. The lowest BCUT2D eigenvalue weighted by Gasteiger charge is -2.29. The van der Waals surface area contributed by atoms with E-state index in [9.17, 15) is 4.79 Å². The highest BCUT2D eigenvalue weighted by atomic mass is 16.1. The molecule has 1 N–H and O–H groups in total. The molecule has 0 saturated heterocycles. The fourth-order valence-corrected chi connectivity index (χ4v) is 4.35. The third-order valence-electron chi connectivity index (χ3n) is 6.12. The number of unbranched alkanes of at least 4 members (excludes halogenated alkanes) is 2. The number of benzene rings is 2. The molecule has 0 atom stereocenters. The minimum Gasteiger partial charge on any atom is -0.323 e. The molecule has 1 fully saturated rings. The predicted octanol–water partition coefficient (Wildman–Crippen LogP) is 7.33. The lowest BCUT2D eigenvalue weighted by Crippen LogP contribution is -2.13. The summed E-state index contributed by atoms with van der Waals surface area (Å²) in [4.78, 5) is 11.4. The summed E-state index contributed by atoms with van der Waals surface area (Å²) in [5, 5.41) is 2.78. The van der Waals surface area contributed by atoms with E-state index in [0.29, 0.717) is 0 Å². The highest BCUT2D eigenvalue weighted by molar-refractivity contribution is 5.98. The van der Waals surface area contributed by atoms with E-state index < -0.39 is 0 Å². The Hall–Kier alpha value is -2.35. The van der Waals surface area contributed by atoms with E-state index in [0.717, 1.165) is 17.5 Å². The van der Waals surface area contributed by atoms with E-state index in [-0.39, 0.29) is 5.91 Å². The van der Waals surface area contributed by atoms with Crippen LogP contribution in [0.15, 0.2) is 61.2 Å². The third-order valence-corrected chi connectivity index (χ3v) is 6.12. The van der Waals surface area contributed by atoms with E-state index in [4.69, 9.17) is 0 Å². The standard InChI is InChI=1S/C26H33NO/c1-3-5-6-7-20-8-10-21(11-9-20)22-12-14-23(15-13-22)24-16-18-25(19-17-24)27-26(28)4-2/h4,12-21H,2-3,5-11H2,1H3,(H,27,28). The molecule has 0 spiro atoms. The molecule has 2 nitrogen and oxygen atoms in total. The van der Waals surface area contributed by atoms with Crippen molar-refractivity contribution >= 4 is 11.6 Å². The fraction of sp³-hybridized carbons (Fsp3) is 0.423. The van der Waals surface area contributed by atoms with E-state index in [1.807, 2.05) is 12.1 Å². The van der Waals surface area contributed by atoms with Crippen molar-refractivity contribution in [2.45, 2.75) is 64.2 Å². The van der Waals surface area contributed by atoms with Crippen molar-refractivity contribution in [1.82, 2.24) is 0 Å². The van der Waals surface area contributed by atoms with Crippen molar-refractivity contribution in [3.05, 3.63) is 66.7 Å². The van der Waals surface area contributed by atoms with Crippen LogP contribution >= 0.6 is 0 Å². The van der Waals surface area contributed by atoms with Crippen molar-refractivity contribution in [3.63, 3.8) is 0 Å². The first-order chi connectivity index (χ1) is 13.7. The van der Waals surface area contributed by atoms with Crippen LogP contribution in [0.25, 0.3) is 11.1 Å². The van der Waals surface area contributed by atoms with Crippen LogP contribution in [0.1, 0.15) is 69.8 Å². The van der Waals surface area contributed by atoms with E-state index in [2.05, 4.69) is 55.2 Å². The molecule has 1 saturated carbocycles. The van der Waals surface area contributed by atoms with Crippen molar-refractivity contribution < 1.29 is 4.79 Å². The summed E-state index contributed by atoms with van der Waals surface area (Å²) in [6, 6.07) is 17.1. The van der Waals surface area contributed by atoms with Gasteiger partial charge in [0.15, 0.2) is 0 Å². The van der Waals surface area contributed by atoms with Crippen LogP contribution in [-0.4, -0.2) is 5.91 Å². The Morgan fingerprint density at radius 2 is 1.57 bits per heavy atom. The Labute approximate surface area is 170 Å². The molecule has 148 valence electrons. The molecular weight excluding hydrogens is 342 g/mol. The maximum Gasteiger partial charge on any atom is 0.247 e. The maximum atomic E-state index is 11.4. The second-order valence-electron chi connectivity index (χ2n) is 8.11. The van der Waals surface area contributed by atoms with E-state index >= 15 is 0 Å². The van der Waals surface area contributed by atoms with Crippen molar-refractivity contribution in [2.75, 3.05) is 5.32 Å². The van der Waals surface area contributed by atoms with Crippen molar-refractivity contribution in [1.29, 1.82) is 0 Å². The van der Waals surface area contributed by atoms with Gasteiger partial charge < -0.3 is 5.32 Å². The third kappa shape index (κ3) is 5.58. The van der Waals surface area contributed by atoms with Crippen LogP contribution in [0, 0.1) is 5.92 Å². The molecule has 0 aromatic heterocycles. The maximum absolute atomic E-state index is 11.4. The molecule has 28 heavy (non-hydrogen) atoms. The van der Waals surface area contributed by atoms with Crippen molar-refractivity contribution in [2.24, 2.45) is 5.92 Å². The molecule has 1 aliphatic rings. The molecule has 2 heteroatoms. The van der Waals surface area contributed by atoms with E-state index in [1.54, 1.807) is 0 Å². The SMILES string of the molecule is C=CC(=O)Nc1ccc(-c2ccc(C3CCC(CCCCC)CC3)cc2)cc1. The zero-order chi connectivity index (χ0) is 19.8. The predicted molar refractivity (Wildman–Crippen MR) is 120 cm³/mol. The van der Waals surface area contributed by atoms with Gasteiger partial charge in [-0.05, 0) is 72.4 Å². The topological polar surface area (TPSA) is 29.1 Å². The van der Waals surface area contributed by atoms with Gasteiger partial charge in [0, 0.05) is 5.69 Å². The molecule has 2 aromatic rings. The first-order valence-corrected chi connectivity index (χ1v) is 10.8. The second kappa shape index (κ2) is 10.3. The van der Waals surface area contributed by atoms with Gasteiger partial charge in [-0.1, -0.05) is 75.6 Å². The fourth-order valence-electron chi connectivity index (χ4n) is 4.35. The van der Waals surface area contributed by atoms with Gasteiger partial charge in [-0.3, -0.25) is 4.79 Å². The number of anilines is 1. The molecule has 3 rings (SSSR count). The number of nitrogens with one attached hydrogen (secondary N) is 1. The lowest BCUT2D eigenvalue weighted by atomic mass is 9.77. The Bertz CT molecular complexity index is 752. The monoisotopic (exact) mass is 375 g/mol. The molecular formula is C26H33NO. The zero-order valence-corrected chi connectivity index (χ0v) is 17.1. The van der Waals surface area contributed by atoms with Crippen molar-refractivity contribution in [3.8, 4) is 11.1 Å². The molecule has 2 aromatic carbocycles. The summed E-state index contributed by atoms with van der Waals surface area (Å²) in [7, 11) is 0. The number of hydrogen-bond acceptors (Lipinski definition) is 1. The minimum atomic E-state index is -0.183. The summed E-state index contributed by atoms with van der Waals surface area (Å²) >= 11 is 0. The number of carbonyl (C=O) groups is 1. The average Bonchev–Trinajstić information content (AvgIpc) is 2.75. The molecule has 0 unspecified atom stereocenters. The molecule has 1 aliphatic carbocycles. The summed E-state index contributed by atoms with van der Waals surface area (Å²) in [5.41, 5.74) is 4.67. The Morgan fingerprint density at radius 3 is 2.14 bits per heavy atom. The summed E-state index contributed by atoms with van der Waals surface area (Å²) in [5.74, 6) is 1.51. The minimum absolute atomic E-state index is 0.183. The smallest absolute Gasteiger partial charge is 0.247 e. The highest BCUT2D eigenvalue weighted by Crippen LogP contribution is 2.38. The molecule has 0 aliphatic heterocycles. The van der Waals surface area contributed by atoms with Crippen LogP contribution in [0.3, 0.4) is 0 Å². The summed E-state index contributed by atoms with van der Waals surface area (Å²) < 4.78 is 0. The second-order valence-corrected chi connectivity index (χ2v) is 8.11. The van der Waals surface area contributed by atoms with Crippen LogP contribution in [0.4, 0.5) is 5.69 Å². The van der Waals surface area contributed by atoms with Gasteiger partial charge >= 0.3 is 0 Å². The quantitative estimate of drug-likeness (QED) is 0.380. The Morgan fingerprint density at radius 1 is 0.964 bits per heavy atom.